The predicted molar refractivity (Wildman–Crippen MR) is 105 cm³/mol. The van der Waals surface area contributed by atoms with Crippen molar-refractivity contribution in [3.63, 3.8) is 0 Å². The van der Waals surface area contributed by atoms with Crippen LogP contribution in [0.1, 0.15) is 49.0 Å². The molecular formula is C21H27N5O. The number of rotatable bonds is 3. The smallest absolute Gasteiger partial charge is 0.137 e. The van der Waals surface area contributed by atoms with Crippen LogP contribution in [0.2, 0.25) is 0 Å². The molecule has 1 aliphatic carbocycles. The van der Waals surface area contributed by atoms with Crippen molar-refractivity contribution in [1.82, 2.24) is 9.47 Å². The van der Waals surface area contributed by atoms with E-state index in [-0.39, 0.29) is 18.2 Å². The predicted octanol–water partition coefficient (Wildman–Crippen LogP) is 2.80. The Bertz CT molecular complexity index is 905. The van der Waals surface area contributed by atoms with Crippen LogP contribution in [0.25, 0.3) is 0 Å². The molecule has 0 spiro atoms. The molecule has 2 aliphatic rings. The lowest BCUT2D eigenvalue weighted by Crippen LogP contribution is -2.40. The van der Waals surface area contributed by atoms with Gasteiger partial charge in [0.05, 0.1) is 12.2 Å². The molecule has 1 fully saturated rings. The number of hydrogen-bond acceptors (Lipinski definition) is 5. The highest BCUT2D eigenvalue weighted by molar-refractivity contribution is 5.87. The summed E-state index contributed by atoms with van der Waals surface area (Å²) in [4.78, 5) is 2.18. The molecule has 1 aromatic carbocycles. The Labute approximate surface area is 159 Å². The summed E-state index contributed by atoms with van der Waals surface area (Å²) in [5, 5.41) is 16.8. The van der Waals surface area contributed by atoms with Gasteiger partial charge >= 0.3 is 0 Å². The Morgan fingerprint density at radius 2 is 1.89 bits per heavy atom. The first-order chi connectivity index (χ1) is 13.0. The molecule has 4 N–H and O–H groups in total. The number of pyridine rings is 1. The van der Waals surface area contributed by atoms with E-state index in [4.69, 9.17) is 21.3 Å². The maximum Gasteiger partial charge on any atom is 0.137 e. The third-order valence-corrected chi connectivity index (χ3v) is 5.78. The number of benzene rings is 1. The van der Waals surface area contributed by atoms with E-state index in [1.54, 1.807) is 16.8 Å². The molecule has 0 bridgehead atoms. The molecule has 1 aromatic heterocycles. The first kappa shape index (κ1) is 17.9. The van der Waals surface area contributed by atoms with Gasteiger partial charge in [0.1, 0.15) is 23.2 Å². The van der Waals surface area contributed by atoms with E-state index >= 15 is 0 Å². The van der Waals surface area contributed by atoms with Crippen LogP contribution in [0.15, 0.2) is 42.6 Å². The fraction of sp³-hybridized carbons (Fsp3) is 0.429. The van der Waals surface area contributed by atoms with Crippen LogP contribution in [-0.4, -0.2) is 34.9 Å². The molecule has 0 amide bonds. The number of fused-ring (bicyclic) bond motifs is 1. The van der Waals surface area contributed by atoms with Gasteiger partial charge in [0.2, 0.25) is 0 Å². The highest BCUT2D eigenvalue weighted by Gasteiger charge is 2.28. The number of hydrogen-bond donors (Lipinski definition) is 3. The van der Waals surface area contributed by atoms with Crippen LogP contribution < -0.4 is 16.0 Å². The van der Waals surface area contributed by atoms with E-state index in [9.17, 15) is 0 Å². The molecule has 2 heterocycles. The average molecular weight is 365 g/mol. The van der Waals surface area contributed by atoms with Crippen LogP contribution in [0, 0.1) is 10.8 Å². The maximum absolute atomic E-state index is 8.59. The molecule has 27 heavy (non-hydrogen) atoms. The van der Waals surface area contributed by atoms with Crippen molar-refractivity contribution in [1.29, 1.82) is 10.8 Å². The largest absolute Gasteiger partial charge is 0.484 e. The Morgan fingerprint density at radius 1 is 1.11 bits per heavy atom. The van der Waals surface area contributed by atoms with Crippen LogP contribution >= 0.6 is 0 Å². The molecule has 0 saturated carbocycles. The molecule has 6 heteroatoms. The Balaban J connectivity index is 1.60. The van der Waals surface area contributed by atoms with Crippen molar-refractivity contribution in [2.75, 3.05) is 13.6 Å². The van der Waals surface area contributed by atoms with Gasteiger partial charge in [0.25, 0.3) is 0 Å². The summed E-state index contributed by atoms with van der Waals surface area (Å²) in [6, 6.07) is 11.8. The molecule has 1 saturated heterocycles. The molecule has 0 radical (unpaired) electrons. The fourth-order valence-corrected chi connectivity index (χ4v) is 4.24. The van der Waals surface area contributed by atoms with Gasteiger partial charge in [-0.15, -0.1) is 0 Å². The minimum absolute atomic E-state index is 0.0469. The summed E-state index contributed by atoms with van der Waals surface area (Å²) in [5.74, 6) is 1.13. The first-order valence-electron chi connectivity index (χ1n) is 9.62. The summed E-state index contributed by atoms with van der Waals surface area (Å²) in [7, 11) is 2.04. The summed E-state index contributed by atoms with van der Waals surface area (Å²) < 4.78 is 7.94. The second kappa shape index (κ2) is 7.29. The van der Waals surface area contributed by atoms with Gasteiger partial charge in [0.15, 0.2) is 0 Å². The second-order valence-electron chi connectivity index (χ2n) is 7.56. The van der Waals surface area contributed by atoms with E-state index in [1.807, 2.05) is 25.2 Å². The fourth-order valence-electron chi connectivity index (χ4n) is 4.24. The molecule has 6 nitrogen and oxygen atoms in total. The van der Waals surface area contributed by atoms with Gasteiger partial charge in [-0.1, -0.05) is 24.3 Å². The quantitative estimate of drug-likeness (QED) is 0.577. The lowest BCUT2D eigenvalue weighted by molar-refractivity contribution is 0.176. The van der Waals surface area contributed by atoms with E-state index in [0.29, 0.717) is 17.1 Å². The van der Waals surface area contributed by atoms with E-state index in [0.717, 1.165) is 43.4 Å². The van der Waals surface area contributed by atoms with Crippen molar-refractivity contribution in [2.24, 2.45) is 5.73 Å². The topological polar surface area (TPSA) is 91.1 Å². The summed E-state index contributed by atoms with van der Waals surface area (Å²) in [6.45, 7) is 0.996. The lowest BCUT2D eigenvalue weighted by atomic mass is 9.86. The van der Waals surface area contributed by atoms with Crippen molar-refractivity contribution in [3.05, 3.63) is 59.2 Å². The normalized spacial score (nSPS) is 25.2. The van der Waals surface area contributed by atoms with Gasteiger partial charge in [-0.05, 0) is 62.5 Å². The molecule has 4 rings (SSSR count). The SMILES string of the molecule is CN1CCCC1C(=N)n1cc(O[C@H]2CC[C@H](N)c3ccccc32)ccc1=N. The van der Waals surface area contributed by atoms with Gasteiger partial charge in [-0.2, -0.15) is 0 Å². The molecular weight excluding hydrogens is 338 g/mol. The number of aromatic nitrogens is 1. The Kier molecular flexibility index (Phi) is 4.85. The zero-order valence-electron chi connectivity index (χ0n) is 15.7. The summed E-state index contributed by atoms with van der Waals surface area (Å²) in [6.07, 6.45) is 5.54. The van der Waals surface area contributed by atoms with E-state index in [1.165, 1.54) is 0 Å². The average Bonchev–Trinajstić information content (AvgIpc) is 3.11. The van der Waals surface area contributed by atoms with E-state index in [2.05, 4.69) is 17.0 Å². The number of nitrogens with one attached hydrogen (secondary N) is 2. The summed E-state index contributed by atoms with van der Waals surface area (Å²) in [5.41, 5.74) is 8.85. The van der Waals surface area contributed by atoms with E-state index < -0.39 is 0 Å². The third kappa shape index (κ3) is 3.42. The first-order valence-corrected chi connectivity index (χ1v) is 9.62. The van der Waals surface area contributed by atoms with Crippen LogP contribution in [0.4, 0.5) is 0 Å². The molecule has 2 aromatic rings. The Hall–Kier alpha value is -2.44. The molecule has 3 atom stereocenters. The third-order valence-electron chi connectivity index (χ3n) is 5.78. The van der Waals surface area contributed by atoms with Gasteiger partial charge in [0, 0.05) is 6.04 Å². The number of nitrogens with two attached hydrogens (primary N) is 1. The maximum atomic E-state index is 8.59. The second-order valence-corrected chi connectivity index (χ2v) is 7.56. The molecule has 1 unspecified atom stereocenters. The standard InChI is InChI=1S/C21H27N5O/c1-25-12-4-7-18(25)21(24)26-13-14(8-11-20(26)23)27-19-10-9-17(22)15-5-2-3-6-16(15)19/h2-3,5-6,8,11,13,17-19,23-24H,4,7,9-10,12,22H2,1H3/t17-,18?,19-/m0/s1. The lowest BCUT2D eigenvalue weighted by Gasteiger charge is -2.30. The van der Waals surface area contributed by atoms with Crippen LogP contribution in [-0.2, 0) is 0 Å². The Morgan fingerprint density at radius 3 is 2.63 bits per heavy atom. The molecule has 142 valence electrons. The van der Waals surface area contributed by atoms with Gasteiger partial charge in [-0.3, -0.25) is 20.3 Å². The van der Waals surface area contributed by atoms with Gasteiger partial charge < -0.3 is 10.5 Å². The zero-order valence-corrected chi connectivity index (χ0v) is 15.7. The molecule has 1 aliphatic heterocycles. The van der Waals surface area contributed by atoms with Crippen molar-refractivity contribution in [2.45, 2.75) is 43.9 Å². The van der Waals surface area contributed by atoms with Crippen LogP contribution in [0.3, 0.4) is 0 Å². The number of likely N-dealkylation sites (N-methyl/N-ethyl adjacent to an activating group) is 1. The number of ether oxygens (including phenoxy) is 1. The zero-order chi connectivity index (χ0) is 19.0. The minimum atomic E-state index is -0.0469. The number of nitrogens with zero attached hydrogens (tertiary/aromatic N) is 2. The minimum Gasteiger partial charge on any atom is -0.484 e. The number of likely N-dealkylation sites (tertiary alicyclic amines) is 1. The monoisotopic (exact) mass is 365 g/mol. The van der Waals surface area contributed by atoms with Crippen molar-refractivity contribution < 1.29 is 4.74 Å². The van der Waals surface area contributed by atoms with Crippen LogP contribution in [0.5, 0.6) is 5.75 Å². The highest BCUT2D eigenvalue weighted by Crippen LogP contribution is 2.37. The van der Waals surface area contributed by atoms with Crippen molar-refractivity contribution >= 4 is 5.84 Å². The van der Waals surface area contributed by atoms with Crippen molar-refractivity contribution in [3.8, 4) is 5.75 Å². The summed E-state index contributed by atoms with van der Waals surface area (Å²) >= 11 is 0. The highest BCUT2D eigenvalue weighted by atomic mass is 16.5. The van der Waals surface area contributed by atoms with Gasteiger partial charge in [-0.25, -0.2) is 0 Å².